The van der Waals surface area contributed by atoms with Gasteiger partial charge in [-0.15, -0.1) is 0 Å². The molecule has 0 aromatic carbocycles. The molecule has 5 nitrogen and oxygen atoms in total. The molecule has 1 unspecified atom stereocenters. The zero-order valence-electron chi connectivity index (χ0n) is 12.9. The summed E-state index contributed by atoms with van der Waals surface area (Å²) in [5, 5.41) is 7.72. The van der Waals surface area contributed by atoms with Crippen LogP contribution in [0.25, 0.3) is 0 Å². The van der Waals surface area contributed by atoms with Crippen LogP contribution < -0.4 is 10.9 Å². The molecule has 1 atom stereocenters. The Labute approximate surface area is 135 Å². The third-order valence-corrected chi connectivity index (χ3v) is 5.60. The van der Waals surface area contributed by atoms with E-state index in [1.54, 1.807) is 6.20 Å². The van der Waals surface area contributed by atoms with Crippen molar-refractivity contribution in [3.05, 3.63) is 21.6 Å². The molecule has 0 amide bonds. The van der Waals surface area contributed by atoms with Crippen LogP contribution in [0.1, 0.15) is 19.8 Å². The number of hydrogen-bond acceptors (Lipinski definition) is 5. The van der Waals surface area contributed by atoms with Crippen molar-refractivity contribution in [2.45, 2.75) is 31.1 Å². The summed E-state index contributed by atoms with van der Waals surface area (Å²) in [6.07, 6.45) is 4.10. The van der Waals surface area contributed by atoms with E-state index in [1.807, 2.05) is 30.8 Å². The molecule has 0 aliphatic carbocycles. The van der Waals surface area contributed by atoms with Crippen LogP contribution in [0.5, 0.6) is 0 Å². The van der Waals surface area contributed by atoms with Gasteiger partial charge in [0.15, 0.2) is 0 Å². The second-order valence-electron chi connectivity index (χ2n) is 5.96. The number of anilines is 1. The topological polar surface area (TPSA) is 50.2 Å². The lowest BCUT2D eigenvalue weighted by Gasteiger charge is -2.23. The zero-order chi connectivity index (χ0) is 15.5. The molecule has 1 aliphatic rings. The molecule has 1 aromatic rings. The Hall–Kier alpha value is -0.720. The number of nitrogens with one attached hydrogen (secondary N) is 1. The number of thioether (sulfide) groups is 1. The van der Waals surface area contributed by atoms with E-state index in [9.17, 15) is 4.79 Å². The Balaban J connectivity index is 2.04. The van der Waals surface area contributed by atoms with E-state index < -0.39 is 0 Å². The van der Waals surface area contributed by atoms with Crippen LogP contribution >= 0.6 is 23.4 Å². The SMILES string of the molecule is CN(C)CCn1ncc(NCC2(C)CCCS2)c(Cl)c1=O. The Morgan fingerprint density at radius 3 is 2.95 bits per heavy atom. The molecule has 1 aliphatic heterocycles. The Morgan fingerprint density at radius 2 is 2.33 bits per heavy atom. The second kappa shape index (κ2) is 7.03. The minimum atomic E-state index is -0.229. The highest BCUT2D eigenvalue weighted by molar-refractivity contribution is 8.00. The van der Waals surface area contributed by atoms with Gasteiger partial charge in [-0.05, 0) is 39.6 Å². The highest BCUT2D eigenvalue weighted by atomic mass is 35.5. The highest BCUT2D eigenvalue weighted by Gasteiger charge is 2.29. The highest BCUT2D eigenvalue weighted by Crippen LogP contribution is 2.37. The van der Waals surface area contributed by atoms with Gasteiger partial charge in [-0.25, -0.2) is 4.68 Å². The first-order chi connectivity index (χ1) is 9.91. The number of nitrogens with zero attached hydrogens (tertiary/aromatic N) is 3. The maximum atomic E-state index is 12.2. The summed E-state index contributed by atoms with van der Waals surface area (Å²) < 4.78 is 1.64. The molecule has 0 bridgehead atoms. The predicted octanol–water partition coefficient (Wildman–Crippen LogP) is 2.16. The number of likely N-dealkylation sites (N-methyl/N-ethyl adjacent to an activating group) is 1. The van der Waals surface area contributed by atoms with Gasteiger partial charge in [-0.2, -0.15) is 16.9 Å². The van der Waals surface area contributed by atoms with Crippen molar-refractivity contribution in [1.29, 1.82) is 0 Å². The van der Waals surface area contributed by atoms with Gasteiger partial charge in [0.1, 0.15) is 5.02 Å². The summed E-state index contributed by atoms with van der Waals surface area (Å²) >= 11 is 8.16. The van der Waals surface area contributed by atoms with Gasteiger partial charge in [-0.1, -0.05) is 11.6 Å². The monoisotopic (exact) mass is 330 g/mol. The molecule has 1 fully saturated rings. The maximum absolute atomic E-state index is 12.2. The molecule has 1 saturated heterocycles. The average molecular weight is 331 g/mol. The van der Waals surface area contributed by atoms with Gasteiger partial charge in [-0.3, -0.25) is 4.79 Å². The summed E-state index contributed by atoms with van der Waals surface area (Å²) in [6, 6.07) is 0. The van der Waals surface area contributed by atoms with Crippen molar-refractivity contribution in [2.75, 3.05) is 38.3 Å². The van der Waals surface area contributed by atoms with Crippen LogP contribution in [-0.2, 0) is 6.54 Å². The molecule has 118 valence electrons. The lowest BCUT2D eigenvalue weighted by Crippen LogP contribution is -2.31. The molecular weight excluding hydrogens is 308 g/mol. The second-order valence-corrected chi connectivity index (χ2v) is 8.02. The van der Waals surface area contributed by atoms with Crippen molar-refractivity contribution >= 4 is 29.1 Å². The zero-order valence-corrected chi connectivity index (χ0v) is 14.4. The van der Waals surface area contributed by atoms with Crippen LogP contribution in [0.3, 0.4) is 0 Å². The first kappa shape index (κ1) is 16.6. The minimum absolute atomic E-state index is 0.225. The van der Waals surface area contributed by atoms with E-state index in [0.717, 1.165) is 13.1 Å². The Morgan fingerprint density at radius 1 is 1.57 bits per heavy atom. The van der Waals surface area contributed by atoms with E-state index in [-0.39, 0.29) is 15.3 Å². The number of hydrogen-bond donors (Lipinski definition) is 1. The quantitative estimate of drug-likeness (QED) is 0.866. The first-order valence-corrected chi connectivity index (χ1v) is 8.56. The maximum Gasteiger partial charge on any atom is 0.287 e. The largest absolute Gasteiger partial charge is 0.381 e. The lowest BCUT2D eigenvalue weighted by molar-refractivity contribution is 0.367. The van der Waals surface area contributed by atoms with E-state index in [4.69, 9.17) is 11.6 Å². The van der Waals surface area contributed by atoms with Crippen molar-refractivity contribution < 1.29 is 0 Å². The van der Waals surface area contributed by atoms with Gasteiger partial charge >= 0.3 is 0 Å². The Bertz CT molecular complexity index is 540. The van der Waals surface area contributed by atoms with Crippen molar-refractivity contribution in [2.24, 2.45) is 0 Å². The molecule has 1 N–H and O–H groups in total. The normalized spacial score (nSPS) is 22.0. The smallest absolute Gasteiger partial charge is 0.287 e. The fourth-order valence-corrected chi connectivity index (χ4v) is 3.76. The van der Waals surface area contributed by atoms with Gasteiger partial charge < -0.3 is 10.2 Å². The van der Waals surface area contributed by atoms with Gasteiger partial charge in [0.2, 0.25) is 0 Å². The molecule has 0 spiro atoms. The molecular formula is C14H23ClN4OS. The Kier molecular flexibility index (Phi) is 5.57. The lowest BCUT2D eigenvalue weighted by atomic mass is 10.1. The molecule has 21 heavy (non-hydrogen) atoms. The number of halogens is 1. The van der Waals surface area contributed by atoms with Gasteiger partial charge in [0.05, 0.1) is 18.4 Å². The number of rotatable bonds is 6. The van der Waals surface area contributed by atoms with Crippen molar-refractivity contribution in [1.82, 2.24) is 14.7 Å². The third-order valence-electron chi connectivity index (χ3n) is 3.70. The molecule has 0 radical (unpaired) electrons. The summed E-state index contributed by atoms with van der Waals surface area (Å²) in [5.41, 5.74) is 0.407. The molecule has 2 heterocycles. The summed E-state index contributed by atoms with van der Waals surface area (Å²) in [5.74, 6) is 1.20. The van der Waals surface area contributed by atoms with Crippen LogP contribution in [0.15, 0.2) is 11.0 Å². The van der Waals surface area contributed by atoms with Crippen LogP contribution in [-0.4, -0.2) is 52.4 Å². The number of aromatic nitrogens is 2. The molecule has 7 heteroatoms. The van der Waals surface area contributed by atoms with Crippen molar-refractivity contribution in [3.63, 3.8) is 0 Å². The van der Waals surface area contributed by atoms with Gasteiger partial charge in [0, 0.05) is 17.8 Å². The van der Waals surface area contributed by atoms with E-state index in [1.165, 1.54) is 23.3 Å². The summed E-state index contributed by atoms with van der Waals surface area (Å²) in [4.78, 5) is 14.2. The van der Waals surface area contributed by atoms with Crippen LogP contribution in [0, 0.1) is 0 Å². The third kappa shape index (κ3) is 4.37. The van der Waals surface area contributed by atoms with E-state index >= 15 is 0 Å². The molecule has 2 rings (SSSR count). The van der Waals surface area contributed by atoms with E-state index in [2.05, 4.69) is 17.3 Å². The first-order valence-electron chi connectivity index (χ1n) is 7.19. The fourth-order valence-electron chi connectivity index (χ4n) is 2.30. The minimum Gasteiger partial charge on any atom is -0.381 e. The van der Waals surface area contributed by atoms with Crippen molar-refractivity contribution in [3.8, 4) is 0 Å². The van der Waals surface area contributed by atoms with E-state index in [0.29, 0.717) is 12.2 Å². The molecule has 1 aromatic heterocycles. The molecule has 0 saturated carbocycles. The fraction of sp³-hybridized carbons (Fsp3) is 0.714. The van der Waals surface area contributed by atoms with Gasteiger partial charge in [0.25, 0.3) is 5.56 Å². The van der Waals surface area contributed by atoms with Crippen LogP contribution in [0.2, 0.25) is 5.02 Å². The van der Waals surface area contributed by atoms with Crippen LogP contribution in [0.4, 0.5) is 5.69 Å². The standard InChI is InChI=1S/C14H23ClN4OS/c1-14(5-4-8-21-14)10-16-11-9-17-19(7-6-18(2)3)13(20)12(11)15/h9,16H,4-8,10H2,1-3H3. The summed E-state index contributed by atoms with van der Waals surface area (Å²) in [6.45, 7) is 4.35. The summed E-state index contributed by atoms with van der Waals surface area (Å²) in [7, 11) is 3.92. The average Bonchev–Trinajstić information content (AvgIpc) is 2.86. The predicted molar refractivity (Wildman–Crippen MR) is 90.6 cm³/mol.